The first kappa shape index (κ1) is 29.3. The molecule has 37 heavy (non-hydrogen) atoms. The number of nitrogens with zero attached hydrogens (tertiary/aromatic N) is 3. The van der Waals surface area contributed by atoms with Crippen molar-refractivity contribution in [2.24, 2.45) is 0 Å². The molecule has 0 aliphatic rings. The molecule has 0 bridgehead atoms. The summed E-state index contributed by atoms with van der Waals surface area (Å²) >= 11 is 6.56. The molecule has 206 valence electrons. The van der Waals surface area contributed by atoms with Gasteiger partial charge in [-0.3, -0.25) is 9.82 Å². The number of hydrogen-bond acceptors (Lipinski definition) is 5. The van der Waals surface area contributed by atoms with Gasteiger partial charge in [0.15, 0.2) is 11.5 Å². The van der Waals surface area contributed by atoms with Crippen molar-refractivity contribution in [3.63, 3.8) is 0 Å². The van der Waals surface area contributed by atoms with Crippen LogP contribution < -0.4 is 9.46 Å². The number of H-pyrrole nitrogens is 1. The first-order chi connectivity index (χ1) is 17.6. The number of aromatic amines is 1. The number of methoxy groups -OCH3 is 1. The van der Waals surface area contributed by atoms with E-state index in [0.717, 1.165) is 18.5 Å². The topological polar surface area (TPSA) is 101 Å². The summed E-state index contributed by atoms with van der Waals surface area (Å²) in [5, 5.41) is 8.25. The fourth-order valence-corrected chi connectivity index (χ4v) is 5.97. The van der Waals surface area contributed by atoms with E-state index in [4.69, 9.17) is 16.3 Å². The number of sulfonamides is 1. The summed E-state index contributed by atoms with van der Waals surface area (Å²) in [6.07, 6.45) is 11.5. The summed E-state index contributed by atoms with van der Waals surface area (Å²) in [5.41, 5.74) is 2.22. The molecule has 0 saturated heterocycles. The van der Waals surface area contributed by atoms with Crippen molar-refractivity contribution in [2.45, 2.75) is 97.3 Å². The second-order valence-electron chi connectivity index (χ2n) is 10.7. The molecule has 2 heterocycles. The van der Waals surface area contributed by atoms with E-state index in [2.05, 4.69) is 47.6 Å². The molecular weight excluding hydrogens is 510 g/mol. The van der Waals surface area contributed by atoms with E-state index in [1.165, 1.54) is 52.1 Å². The molecule has 1 aromatic carbocycles. The fraction of sp³-hybridized carbons (Fsp3) is 0.630. The number of halogens is 1. The third-order valence-electron chi connectivity index (χ3n) is 6.48. The van der Waals surface area contributed by atoms with Crippen LogP contribution in [0.25, 0.3) is 17.0 Å². The Kier molecular flexibility index (Phi) is 10.3. The molecule has 0 unspecified atom stereocenters. The number of aromatic nitrogens is 4. The van der Waals surface area contributed by atoms with Crippen LogP contribution in [0.5, 0.6) is 5.75 Å². The van der Waals surface area contributed by atoms with Gasteiger partial charge in [0, 0.05) is 11.0 Å². The van der Waals surface area contributed by atoms with Crippen LogP contribution in [0.15, 0.2) is 18.2 Å². The third-order valence-corrected chi connectivity index (χ3v) is 8.20. The smallest absolute Gasteiger partial charge is 0.232 e. The largest absolute Gasteiger partial charge is 0.495 e. The number of rotatable bonds is 15. The van der Waals surface area contributed by atoms with Gasteiger partial charge in [-0.25, -0.2) is 13.4 Å². The lowest BCUT2D eigenvalue weighted by molar-refractivity contribution is 0.417. The van der Waals surface area contributed by atoms with Crippen molar-refractivity contribution in [1.82, 2.24) is 19.8 Å². The van der Waals surface area contributed by atoms with Crippen LogP contribution in [-0.2, 0) is 15.4 Å². The Morgan fingerprint density at radius 2 is 1.65 bits per heavy atom. The Bertz CT molecular complexity index is 1260. The van der Waals surface area contributed by atoms with Crippen LogP contribution in [0.1, 0.15) is 97.6 Å². The number of unbranched alkanes of at least 4 members (excludes halogenated alkanes) is 9. The summed E-state index contributed by atoms with van der Waals surface area (Å²) in [6.45, 7) is 8.40. The monoisotopic (exact) mass is 551 g/mol. The molecule has 10 heteroatoms. The second-order valence-corrected chi connectivity index (χ2v) is 13.0. The predicted molar refractivity (Wildman–Crippen MR) is 152 cm³/mol. The normalized spacial score (nSPS) is 12.4. The summed E-state index contributed by atoms with van der Waals surface area (Å²) in [4.78, 5) is 4.59. The minimum atomic E-state index is -3.52. The summed E-state index contributed by atoms with van der Waals surface area (Å²) in [5.74, 6) is 0.952. The molecule has 0 spiro atoms. The zero-order valence-corrected chi connectivity index (χ0v) is 24.4. The van der Waals surface area contributed by atoms with Gasteiger partial charge in [-0.15, -0.1) is 5.10 Å². The van der Waals surface area contributed by atoms with Gasteiger partial charge < -0.3 is 4.74 Å². The van der Waals surface area contributed by atoms with Crippen molar-refractivity contribution >= 4 is 33.0 Å². The van der Waals surface area contributed by atoms with Gasteiger partial charge in [-0.1, -0.05) is 97.1 Å². The zero-order chi connectivity index (χ0) is 27.1. The van der Waals surface area contributed by atoms with E-state index in [9.17, 15) is 8.42 Å². The van der Waals surface area contributed by atoms with Gasteiger partial charge in [-0.05, 0) is 24.6 Å². The van der Waals surface area contributed by atoms with Gasteiger partial charge in [0.05, 0.1) is 24.2 Å². The molecule has 0 aliphatic carbocycles. The van der Waals surface area contributed by atoms with Crippen LogP contribution >= 0.6 is 11.6 Å². The van der Waals surface area contributed by atoms with Crippen LogP contribution in [0.2, 0.25) is 5.02 Å². The van der Waals surface area contributed by atoms with E-state index in [1.54, 1.807) is 22.8 Å². The molecule has 0 fully saturated rings. The molecule has 8 nitrogen and oxygen atoms in total. The molecule has 0 saturated carbocycles. The Morgan fingerprint density at radius 3 is 2.22 bits per heavy atom. The van der Waals surface area contributed by atoms with Crippen molar-refractivity contribution < 1.29 is 13.2 Å². The van der Waals surface area contributed by atoms with Gasteiger partial charge in [-0.2, -0.15) is 4.63 Å². The van der Waals surface area contributed by atoms with Gasteiger partial charge in [0.2, 0.25) is 10.0 Å². The highest BCUT2D eigenvalue weighted by molar-refractivity contribution is 7.92. The lowest BCUT2D eigenvalue weighted by atomic mass is 9.92. The third kappa shape index (κ3) is 8.11. The van der Waals surface area contributed by atoms with Gasteiger partial charge in [0.25, 0.3) is 0 Å². The van der Waals surface area contributed by atoms with Crippen LogP contribution in [0.4, 0.5) is 5.69 Å². The van der Waals surface area contributed by atoms with Crippen molar-refractivity contribution in [1.29, 1.82) is 0 Å². The van der Waals surface area contributed by atoms with E-state index in [-0.39, 0.29) is 11.2 Å². The minimum Gasteiger partial charge on any atom is -0.495 e. The first-order valence-electron chi connectivity index (χ1n) is 13.4. The van der Waals surface area contributed by atoms with Gasteiger partial charge in [0.1, 0.15) is 10.8 Å². The average Bonchev–Trinajstić information content (AvgIpc) is 3.39. The molecule has 2 aromatic heterocycles. The molecular formula is C27H42ClN5O3S. The lowest BCUT2D eigenvalue weighted by Crippen LogP contribution is -2.17. The summed E-state index contributed by atoms with van der Waals surface area (Å²) in [7, 11) is -2.00. The number of benzene rings is 1. The maximum absolute atomic E-state index is 12.8. The van der Waals surface area contributed by atoms with Crippen LogP contribution in [0.3, 0.4) is 0 Å². The molecule has 0 radical (unpaired) electrons. The molecule has 0 amide bonds. The maximum Gasteiger partial charge on any atom is 0.232 e. The number of ether oxygens (including phenoxy) is 1. The Balaban J connectivity index is 1.60. The Morgan fingerprint density at radius 1 is 1.03 bits per heavy atom. The van der Waals surface area contributed by atoms with Gasteiger partial charge >= 0.3 is 0 Å². The number of hydrogen-bond donors (Lipinski definition) is 2. The highest BCUT2D eigenvalue weighted by atomic mass is 35.5. The summed E-state index contributed by atoms with van der Waals surface area (Å²) in [6, 6.07) is 5.21. The van der Waals surface area contributed by atoms with E-state index >= 15 is 0 Å². The van der Waals surface area contributed by atoms with Crippen molar-refractivity contribution in [2.75, 3.05) is 17.6 Å². The fourth-order valence-electron chi connectivity index (χ4n) is 4.34. The number of anilines is 1. The van der Waals surface area contributed by atoms with E-state index in [0.29, 0.717) is 39.9 Å². The molecule has 0 aliphatic heterocycles. The first-order valence-corrected chi connectivity index (χ1v) is 15.4. The molecule has 3 aromatic rings. The molecule has 2 N–H and O–H groups in total. The Hall–Kier alpha value is -2.26. The highest BCUT2D eigenvalue weighted by Gasteiger charge is 2.24. The van der Waals surface area contributed by atoms with Crippen molar-refractivity contribution in [3.8, 4) is 17.1 Å². The van der Waals surface area contributed by atoms with Crippen LogP contribution in [0, 0.1) is 0 Å². The molecule has 0 atom stereocenters. The van der Waals surface area contributed by atoms with Crippen molar-refractivity contribution in [3.05, 3.63) is 28.9 Å². The lowest BCUT2D eigenvalue weighted by Gasteiger charge is -2.16. The zero-order valence-electron chi connectivity index (χ0n) is 22.9. The second kappa shape index (κ2) is 13.0. The average molecular weight is 552 g/mol. The predicted octanol–water partition coefficient (Wildman–Crippen LogP) is 7.35. The minimum absolute atomic E-state index is 0.0772. The SMILES string of the molecule is CCCCCCCCCCCCS(=O)(=O)Nc1cc(-c2nc3c(Cl)c(C(C)(C)C)[nH]n3n2)ccc1OC. The summed E-state index contributed by atoms with van der Waals surface area (Å²) < 4.78 is 35.3. The maximum atomic E-state index is 12.8. The van der Waals surface area contributed by atoms with E-state index < -0.39 is 10.0 Å². The Labute approximate surface area is 226 Å². The number of nitrogens with one attached hydrogen (secondary N) is 2. The molecule has 3 rings (SSSR count). The number of fused-ring (bicyclic) bond motifs is 1. The van der Waals surface area contributed by atoms with E-state index in [1.807, 2.05) is 0 Å². The standard InChI is InChI=1S/C27H42ClN5O3S/c1-6-7-8-9-10-11-12-13-14-15-18-37(34,35)32-21-19-20(16-17-22(21)36-5)25-29-26-23(28)24(27(2,3)4)30-33(26)31-25/h16-17,19,30,32H,6-15,18H2,1-5H3. The quantitative estimate of drug-likeness (QED) is 0.192. The highest BCUT2D eigenvalue weighted by Crippen LogP contribution is 2.34. The van der Waals surface area contributed by atoms with Crippen LogP contribution in [-0.4, -0.2) is 41.1 Å².